The predicted octanol–water partition coefficient (Wildman–Crippen LogP) is 8.26. The second-order valence-electron chi connectivity index (χ2n) is 9.40. The van der Waals surface area contributed by atoms with Gasteiger partial charge in [0, 0.05) is 17.5 Å². The van der Waals surface area contributed by atoms with Crippen molar-refractivity contribution >= 4 is 51.6 Å². The number of anilines is 1. The van der Waals surface area contributed by atoms with E-state index < -0.39 is 8.95 Å². The Morgan fingerprint density at radius 2 is 1.35 bits per heavy atom. The number of halogens is 1. The molecular formula is C31H25ClN2OS2. The summed E-state index contributed by atoms with van der Waals surface area (Å²) in [5, 5.41) is 8.04. The van der Waals surface area contributed by atoms with Crippen molar-refractivity contribution in [3.05, 3.63) is 135 Å². The fourth-order valence-electron chi connectivity index (χ4n) is 5.43. The summed E-state index contributed by atoms with van der Waals surface area (Å²) in [6.45, 7) is 5.94. The Balaban J connectivity index is 1.69. The number of Topliss-reactive ketones (excluding diaryl/α,β-unsaturated/α-hetero) is 1. The summed E-state index contributed by atoms with van der Waals surface area (Å²) < 4.78 is -1.22. The van der Waals surface area contributed by atoms with Crippen molar-refractivity contribution < 1.29 is 4.79 Å². The molecule has 4 aromatic carbocycles. The number of carbonyl (C=O) groups is 1. The Kier molecular flexibility index (Phi) is 5.98. The van der Waals surface area contributed by atoms with Crippen LogP contribution in [0.3, 0.4) is 0 Å². The van der Waals surface area contributed by atoms with E-state index in [1.54, 1.807) is 6.92 Å². The molecular weight excluding hydrogens is 516 g/mol. The summed E-state index contributed by atoms with van der Waals surface area (Å²) in [4.78, 5) is 12.7. The molecule has 3 nitrogen and oxygen atoms in total. The topological polar surface area (TPSA) is 32.7 Å². The van der Waals surface area contributed by atoms with Gasteiger partial charge in [-0.25, -0.2) is 5.01 Å². The first-order valence-electron chi connectivity index (χ1n) is 12.1. The molecule has 2 aliphatic heterocycles. The molecule has 1 atom stereocenters. The average Bonchev–Trinajstić information content (AvgIpc) is 3.42. The maximum atomic E-state index is 12.7. The first-order chi connectivity index (χ1) is 17.9. The zero-order valence-electron chi connectivity index (χ0n) is 20.7. The number of aryl methyl sites for hydroxylation is 2. The zero-order chi connectivity index (χ0) is 25.8. The number of nitrogens with zero attached hydrogens (tertiary/aromatic N) is 2. The Labute approximate surface area is 230 Å². The summed E-state index contributed by atoms with van der Waals surface area (Å²) in [6, 6.07) is 33.6. The molecule has 37 heavy (non-hydrogen) atoms. The van der Waals surface area contributed by atoms with Crippen LogP contribution in [-0.2, 0) is 13.7 Å². The number of hydrogen-bond acceptors (Lipinski definition) is 5. The van der Waals surface area contributed by atoms with Crippen molar-refractivity contribution in [3.8, 4) is 0 Å². The first-order valence-corrected chi connectivity index (χ1v) is 14.1. The number of hydrogen-bond donors (Lipinski definition) is 0. The minimum atomic E-state index is -0.702. The third-order valence-electron chi connectivity index (χ3n) is 7.05. The van der Waals surface area contributed by atoms with Crippen LogP contribution in [0, 0.1) is 13.8 Å². The molecule has 6 heteroatoms. The van der Waals surface area contributed by atoms with Crippen molar-refractivity contribution in [3.63, 3.8) is 0 Å². The molecule has 0 fully saturated rings. The molecule has 0 unspecified atom stereocenters. The van der Waals surface area contributed by atoms with E-state index in [0.717, 1.165) is 11.3 Å². The second kappa shape index (κ2) is 9.09. The highest BCUT2D eigenvalue weighted by Gasteiger charge is 2.62. The number of rotatable bonds is 4. The second-order valence-corrected chi connectivity index (χ2v) is 12.7. The first kappa shape index (κ1) is 24.4. The molecule has 6 rings (SSSR count). The maximum Gasteiger partial charge on any atom is 0.187 e. The highest BCUT2D eigenvalue weighted by atomic mass is 35.5. The quantitative estimate of drug-likeness (QED) is 0.261. The van der Waals surface area contributed by atoms with Gasteiger partial charge in [-0.1, -0.05) is 114 Å². The van der Waals surface area contributed by atoms with Crippen LogP contribution < -0.4 is 5.01 Å². The number of carbonyl (C=O) groups excluding carboxylic acids is 1. The number of thioether (sulfide) groups is 2. The monoisotopic (exact) mass is 540 g/mol. The van der Waals surface area contributed by atoms with E-state index in [9.17, 15) is 4.79 Å². The number of fused-ring (bicyclic) bond motifs is 2. The summed E-state index contributed by atoms with van der Waals surface area (Å²) in [5.74, 6) is -0.0451. The normalized spacial score (nSPS) is 19.7. The molecule has 0 saturated heterocycles. The molecule has 0 amide bonds. The third-order valence-corrected chi connectivity index (χ3v) is 10.6. The zero-order valence-corrected chi connectivity index (χ0v) is 23.1. The predicted molar refractivity (Wildman–Crippen MR) is 158 cm³/mol. The van der Waals surface area contributed by atoms with Crippen LogP contribution in [0.5, 0.6) is 0 Å². The van der Waals surface area contributed by atoms with Crippen LogP contribution in [-0.4, -0.2) is 10.8 Å². The minimum absolute atomic E-state index is 0.0451. The molecule has 0 N–H and O–H groups in total. The van der Waals surface area contributed by atoms with Crippen LogP contribution in [0.4, 0.5) is 5.69 Å². The third kappa shape index (κ3) is 3.67. The van der Waals surface area contributed by atoms with E-state index in [1.807, 2.05) is 41.0 Å². The fraction of sp³-hybridized carbons (Fsp3) is 0.161. The van der Waals surface area contributed by atoms with E-state index in [0.29, 0.717) is 10.1 Å². The summed E-state index contributed by atoms with van der Waals surface area (Å²) in [7, 11) is 0. The van der Waals surface area contributed by atoms with Crippen LogP contribution in [0.25, 0.3) is 0 Å². The Morgan fingerprint density at radius 3 is 1.92 bits per heavy atom. The fourth-order valence-corrected chi connectivity index (χ4v) is 9.34. The van der Waals surface area contributed by atoms with E-state index in [2.05, 4.69) is 86.6 Å². The van der Waals surface area contributed by atoms with Gasteiger partial charge in [0.15, 0.2) is 15.0 Å². The van der Waals surface area contributed by atoms with E-state index in [-0.39, 0.29) is 5.78 Å². The smallest absolute Gasteiger partial charge is 0.187 e. The largest absolute Gasteiger partial charge is 0.292 e. The average molecular weight is 541 g/mol. The van der Waals surface area contributed by atoms with Gasteiger partial charge in [-0.05, 0) is 59.9 Å². The molecule has 0 aromatic heterocycles. The highest BCUT2D eigenvalue weighted by molar-refractivity contribution is 8.27. The minimum Gasteiger partial charge on any atom is -0.292 e. The lowest BCUT2D eigenvalue weighted by atomic mass is 9.79. The molecule has 0 saturated carbocycles. The van der Waals surface area contributed by atoms with Gasteiger partial charge < -0.3 is 0 Å². The molecule has 4 aromatic rings. The van der Waals surface area contributed by atoms with Crippen LogP contribution >= 0.6 is 35.1 Å². The van der Waals surface area contributed by atoms with Gasteiger partial charge in [0.25, 0.3) is 0 Å². The number of ketones is 1. The number of hydrazone groups is 1. The highest BCUT2D eigenvalue weighted by Crippen LogP contribution is 2.71. The van der Waals surface area contributed by atoms with Crippen molar-refractivity contribution in [1.82, 2.24) is 0 Å². The summed E-state index contributed by atoms with van der Waals surface area (Å²) >= 11 is 9.82. The van der Waals surface area contributed by atoms with Crippen molar-refractivity contribution in [2.24, 2.45) is 5.10 Å². The van der Waals surface area contributed by atoms with Crippen LogP contribution in [0.15, 0.2) is 102 Å². The van der Waals surface area contributed by atoms with E-state index in [4.69, 9.17) is 16.7 Å². The van der Waals surface area contributed by atoms with Crippen molar-refractivity contribution in [2.75, 3.05) is 5.01 Å². The molecule has 2 heterocycles. The Bertz CT molecular complexity index is 1540. The molecule has 184 valence electrons. The van der Waals surface area contributed by atoms with Gasteiger partial charge in [0.2, 0.25) is 0 Å². The standard InChI is InChI=1S/C31H25ClN2OS2/c1-20-11-4-6-15-25(20)30(26-16-7-5-12-21(26)2)27-17-8-9-18-28(27)31(37-30)34(33-29(36-31)22(3)35)24-14-10-13-23(32)19-24/h4-19H,1-3H3/t31-/m0/s1. The van der Waals surface area contributed by atoms with Gasteiger partial charge in [-0.15, -0.1) is 0 Å². The van der Waals surface area contributed by atoms with Crippen molar-refractivity contribution in [1.29, 1.82) is 0 Å². The summed E-state index contributed by atoms with van der Waals surface area (Å²) in [5.41, 5.74) is 8.11. The van der Waals surface area contributed by atoms with E-state index in [1.165, 1.54) is 39.6 Å². The van der Waals surface area contributed by atoms with Gasteiger partial charge in [0.05, 0.1) is 10.4 Å². The number of benzene rings is 4. The van der Waals surface area contributed by atoms with Gasteiger partial charge in [0.1, 0.15) is 0 Å². The van der Waals surface area contributed by atoms with Gasteiger partial charge in [-0.3, -0.25) is 4.79 Å². The summed E-state index contributed by atoms with van der Waals surface area (Å²) in [6.07, 6.45) is 0. The van der Waals surface area contributed by atoms with Crippen LogP contribution in [0.1, 0.15) is 40.3 Å². The molecule has 0 bridgehead atoms. The van der Waals surface area contributed by atoms with Crippen LogP contribution in [0.2, 0.25) is 5.02 Å². The molecule has 0 radical (unpaired) electrons. The van der Waals surface area contributed by atoms with Gasteiger partial charge >= 0.3 is 0 Å². The SMILES string of the molecule is CC(=O)C1=NN(c2cccc(Cl)c2)[C@@]2(S1)SC(c1ccccc1C)(c1ccccc1C)c1ccccc12. The van der Waals surface area contributed by atoms with E-state index >= 15 is 0 Å². The molecule has 2 aliphatic rings. The maximum absolute atomic E-state index is 12.7. The van der Waals surface area contributed by atoms with Crippen molar-refractivity contribution in [2.45, 2.75) is 29.7 Å². The lowest BCUT2D eigenvalue weighted by Gasteiger charge is -2.38. The Morgan fingerprint density at radius 1 is 0.784 bits per heavy atom. The molecule has 1 spiro atoms. The molecule has 0 aliphatic carbocycles. The van der Waals surface area contributed by atoms with Gasteiger partial charge in [-0.2, -0.15) is 5.10 Å². The lowest BCUT2D eigenvalue weighted by molar-refractivity contribution is -0.110. The lowest BCUT2D eigenvalue weighted by Crippen LogP contribution is -2.34. The Hall–Kier alpha value is -2.99.